The van der Waals surface area contributed by atoms with Crippen molar-refractivity contribution in [3.05, 3.63) is 144 Å². The zero-order chi connectivity index (χ0) is 32.7. The van der Waals surface area contributed by atoms with Gasteiger partial charge in [0.25, 0.3) is 0 Å². The molecule has 0 saturated heterocycles. The molecule has 47 heavy (non-hydrogen) atoms. The molecule has 6 heteroatoms. The second kappa shape index (κ2) is 17.3. The third-order valence-corrected chi connectivity index (χ3v) is 9.29. The van der Waals surface area contributed by atoms with Crippen molar-refractivity contribution < 1.29 is 14.4 Å². The number of hydrogen-bond donors (Lipinski definition) is 3. The zero-order valence-corrected chi connectivity index (χ0v) is 27.2. The Morgan fingerprint density at radius 2 is 1.17 bits per heavy atom. The maximum absolute atomic E-state index is 14.1. The Kier molecular flexibility index (Phi) is 12.4. The zero-order valence-electron chi connectivity index (χ0n) is 27.2. The Hall–Kier alpha value is -4.71. The summed E-state index contributed by atoms with van der Waals surface area (Å²) in [6.07, 6.45) is 8.93. The highest BCUT2D eigenvalue weighted by Crippen LogP contribution is 2.37. The molecule has 3 amide bonds. The van der Waals surface area contributed by atoms with Crippen LogP contribution in [-0.2, 0) is 26.3 Å². The molecule has 0 aliphatic heterocycles. The molecule has 244 valence electrons. The van der Waals surface area contributed by atoms with Crippen LogP contribution in [0.2, 0.25) is 0 Å². The Morgan fingerprint density at radius 1 is 0.660 bits per heavy atom. The van der Waals surface area contributed by atoms with E-state index in [9.17, 15) is 14.4 Å². The van der Waals surface area contributed by atoms with Crippen molar-refractivity contribution in [2.75, 3.05) is 6.54 Å². The summed E-state index contributed by atoms with van der Waals surface area (Å²) in [7, 11) is 0. The fourth-order valence-corrected chi connectivity index (χ4v) is 6.83. The van der Waals surface area contributed by atoms with Crippen LogP contribution < -0.4 is 16.0 Å². The number of benzene rings is 4. The van der Waals surface area contributed by atoms with Gasteiger partial charge in [0.2, 0.25) is 17.7 Å². The molecule has 1 atom stereocenters. The molecule has 1 aliphatic rings. The van der Waals surface area contributed by atoms with E-state index in [1.807, 2.05) is 121 Å². The van der Waals surface area contributed by atoms with Gasteiger partial charge >= 0.3 is 0 Å². The summed E-state index contributed by atoms with van der Waals surface area (Å²) in [6.45, 7) is 0.403. The lowest BCUT2D eigenvalue weighted by molar-refractivity contribution is -0.132. The Balaban J connectivity index is 1.35. The van der Waals surface area contributed by atoms with Crippen molar-refractivity contribution in [1.29, 1.82) is 0 Å². The number of amides is 3. The van der Waals surface area contributed by atoms with E-state index in [0.29, 0.717) is 25.3 Å². The Morgan fingerprint density at radius 3 is 1.70 bits per heavy atom. The van der Waals surface area contributed by atoms with Crippen LogP contribution in [0.4, 0.5) is 0 Å². The molecule has 0 radical (unpaired) electrons. The smallest absolute Gasteiger partial charge is 0.243 e. The van der Waals surface area contributed by atoms with E-state index in [0.717, 1.165) is 35.1 Å². The summed E-state index contributed by atoms with van der Waals surface area (Å²) in [5.41, 5.74) is 2.76. The maximum Gasteiger partial charge on any atom is 0.243 e. The molecular formula is C41H47N3O3. The number of nitrogens with one attached hydrogen (secondary N) is 3. The van der Waals surface area contributed by atoms with Crippen LogP contribution in [0.25, 0.3) is 0 Å². The van der Waals surface area contributed by atoms with Crippen LogP contribution in [0.5, 0.6) is 0 Å². The average Bonchev–Trinajstić information content (AvgIpc) is 3.12. The van der Waals surface area contributed by atoms with E-state index in [1.54, 1.807) is 0 Å². The molecule has 1 unspecified atom stereocenters. The van der Waals surface area contributed by atoms with Gasteiger partial charge in [-0.1, -0.05) is 153 Å². The average molecular weight is 630 g/mol. The van der Waals surface area contributed by atoms with E-state index in [-0.39, 0.29) is 24.1 Å². The number of hydrogen-bond acceptors (Lipinski definition) is 3. The molecule has 6 nitrogen and oxygen atoms in total. The van der Waals surface area contributed by atoms with Crippen LogP contribution in [-0.4, -0.2) is 30.3 Å². The topological polar surface area (TPSA) is 87.3 Å². The van der Waals surface area contributed by atoms with E-state index in [4.69, 9.17) is 0 Å². The highest BCUT2D eigenvalue weighted by molar-refractivity contribution is 5.92. The molecule has 5 rings (SSSR count). The summed E-state index contributed by atoms with van der Waals surface area (Å²) in [5, 5.41) is 9.24. The molecule has 1 saturated carbocycles. The highest BCUT2D eigenvalue weighted by Gasteiger charge is 2.38. The molecule has 0 heterocycles. The fraction of sp³-hybridized carbons (Fsp3) is 0.341. The minimum atomic E-state index is -1.01. The van der Waals surface area contributed by atoms with Crippen molar-refractivity contribution in [1.82, 2.24) is 16.0 Å². The second-order valence-corrected chi connectivity index (χ2v) is 12.6. The third-order valence-electron chi connectivity index (χ3n) is 9.29. The van der Waals surface area contributed by atoms with Crippen molar-refractivity contribution in [3.8, 4) is 0 Å². The summed E-state index contributed by atoms with van der Waals surface area (Å²) in [5.74, 6) is -0.215. The van der Waals surface area contributed by atoms with E-state index >= 15 is 0 Å². The first-order chi connectivity index (χ1) is 23.0. The second-order valence-electron chi connectivity index (χ2n) is 12.6. The monoisotopic (exact) mass is 629 g/mol. The van der Waals surface area contributed by atoms with E-state index in [2.05, 4.69) is 16.0 Å². The molecule has 1 fully saturated rings. The van der Waals surface area contributed by atoms with Gasteiger partial charge in [0, 0.05) is 13.0 Å². The third kappa shape index (κ3) is 9.41. The first-order valence-corrected chi connectivity index (χ1v) is 17.1. The van der Waals surface area contributed by atoms with E-state index < -0.39 is 11.6 Å². The van der Waals surface area contributed by atoms with E-state index in [1.165, 1.54) is 32.1 Å². The van der Waals surface area contributed by atoms with Crippen LogP contribution >= 0.6 is 0 Å². The minimum absolute atomic E-state index is 0.195. The van der Waals surface area contributed by atoms with Gasteiger partial charge in [-0.05, 0) is 47.4 Å². The number of carbonyl (C=O) groups is 3. The Labute approximate surface area is 279 Å². The van der Waals surface area contributed by atoms with Crippen LogP contribution in [0.3, 0.4) is 0 Å². The number of carbonyl (C=O) groups excluding carboxylic acids is 3. The number of rotatable bonds is 15. The first-order valence-electron chi connectivity index (χ1n) is 17.1. The van der Waals surface area contributed by atoms with Crippen LogP contribution in [0.1, 0.15) is 80.0 Å². The van der Waals surface area contributed by atoms with Gasteiger partial charge in [-0.25, -0.2) is 0 Å². The first kappa shape index (κ1) is 33.6. The lowest BCUT2D eigenvalue weighted by Gasteiger charge is -2.37. The van der Waals surface area contributed by atoms with Gasteiger partial charge in [0.15, 0.2) is 0 Å². The van der Waals surface area contributed by atoms with Gasteiger partial charge in [-0.3, -0.25) is 14.4 Å². The van der Waals surface area contributed by atoms with Gasteiger partial charge < -0.3 is 16.0 Å². The van der Waals surface area contributed by atoms with Crippen LogP contribution in [0, 0.1) is 5.92 Å². The quantitative estimate of drug-likeness (QED) is 0.123. The van der Waals surface area contributed by atoms with Crippen LogP contribution in [0.15, 0.2) is 121 Å². The molecule has 1 aliphatic carbocycles. The normalized spacial score (nSPS) is 14.1. The SMILES string of the molecule is O=C(CCCC1CCCCC1)NC(CC(=O)NC(c1ccccc1)(c1ccccc1)c1ccccc1)C(=O)NCCc1ccccc1. The fourth-order valence-electron chi connectivity index (χ4n) is 6.83. The van der Waals surface area contributed by atoms with Crippen molar-refractivity contribution in [2.45, 2.75) is 75.8 Å². The summed E-state index contributed by atoms with van der Waals surface area (Å²) in [6, 6.07) is 38.5. The molecule has 0 spiro atoms. The van der Waals surface area contributed by atoms with Gasteiger partial charge in [-0.15, -0.1) is 0 Å². The maximum atomic E-state index is 14.1. The summed E-state index contributed by atoms with van der Waals surface area (Å²) < 4.78 is 0. The van der Waals surface area contributed by atoms with Crippen molar-refractivity contribution in [3.63, 3.8) is 0 Å². The predicted molar refractivity (Wildman–Crippen MR) is 187 cm³/mol. The van der Waals surface area contributed by atoms with Gasteiger partial charge in [0.05, 0.1) is 6.42 Å². The summed E-state index contributed by atoms with van der Waals surface area (Å²) >= 11 is 0. The standard InChI is InChI=1S/C41H47N3O3/c45-38(28-16-21-32-17-6-1-7-18-32)43-37(40(47)42-30-29-33-19-8-2-9-20-33)31-39(46)44-41(34-22-10-3-11-23-34,35-24-12-4-13-25-35)36-26-14-5-15-27-36/h2-5,8-15,19-20,22-27,32,37H,1,6-7,16-18,21,28-31H2,(H,42,47)(H,43,45)(H,44,46). The highest BCUT2D eigenvalue weighted by atomic mass is 16.2. The molecular weight excluding hydrogens is 582 g/mol. The van der Waals surface area contributed by atoms with Gasteiger partial charge in [0.1, 0.15) is 11.6 Å². The lowest BCUT2D eigenvalue weighted by atomic mass is 9.77. The summed E-state index contributed by atoms with van der Waals surface area (Å²) in [4.78, 5) is 40.9. The molecule has 4 aromatic rings. The predicted octanol–water partition coefficient (Wildman–Crippen LogP) is 7.08. The largest absolute Gasteiger partial charge is 0.354 e. The lowest BCUT2D eigenvalue weighted by Crippen LogP contribution is -2.53. The molecule has 0 bridgehead atoms. The minimum Gasteiger partial charge on any atom is -0.354 e. The Bertz CT molecular complexity index is 1440. The molecule has 3 N–H and O–H groups in total. The molecule has 0 aromatic heterocycles. The molecule has 4 aromatic carbocycles. The van der Waals surface area contributed by atoms with Gasteiger partial charge in [-0.2, -0.15) is 0 Å². The van der Waals surface area contributed by atoms with Crippen molar-refractivity contribution >= 4 is 17.7 Å². The van der Waals surface area contributed by atoms with Crippen molar-refractivity contribution in [2.24, 2.45) is 5.92 Å².